The molecule has 1 aliphatic rings. The van der Waals surface area contributed by atoms with E-state index in [0.717, 1.165) is 19.3 Å². The highest BCUT2D eigenvalue weighted by Gasteiger charge is 2.36. The summed E-state index contributed by atoms with van der Waals surface area (Å²) in [7, 11) is 0. The van der Waals surface area contributed by atoms with Crippen molar-refractivity contribution in [1.82, 2.24) is 0 Å². The molecule has 1 aliphatic carbocycles. The third-order valence-corrected chi connectivity index (χ3v) is 3.26. The monoisotopic (exact) mass is 180 g/mol. The molecule has 0 unspecified atom stereocenters. The summed E-state index contributed by atoms with van der Waals surface area (Å²) in [5.74, 6) is 0.451. The Hall–Kier alpha value is -0.590. The van der Waals surface area contributed by atoms with Gasteiger partial charge in [0, 0.05) is 11.8 Å². The normalized spacial score (nSPS) is 21.0. The zero-order valence-electron chi connectivity index (χ0n) is 8.64. The minimum Gasteiger partial charge on any atom is -0.299 e. The van der Waals surface area contributed by atoms with Gasteiger partial charge in [-0.25, -0.2) is 0 Å². The third kappa shape index (κ3) is 2.20. The quantitative estimate of drug-likeness (QED) is 0.605. The van der Waals surface area contributed by atoms with Crippen LogP contribution < -0.4 is 0 Å². The molecule has 0 bridgehead atoms. The molecule has 0 spiro atoms. The van der Waals surface area contributed by atoms with Crippen molar-refractivity contribution in [2.24, 2.45) is 5.41 Å². The fourth-order valence-electron chi connectivity index (χ4n) is 2.48. The van der Waals surface area contributed by atoms with Gasteiger partial charge in [-0.15, -0.1) is 6.58 Å². The van der Waals surface area contributed by atoms with Gasteiger partial charge in [0.1, 0.15) is 5.78 Å². The Morgan fingerprint density at radius 2 is 2.00 bits per heavy atom. The molecule has 13 heavy (non-hydrogen) atoms. The first-order valence-corrected chi connectivity index (χ1v) is 5.39. The Kier molecular flexibility index (Phi) is 3.71. The molecule has 0 amide bonds. The van der Waals surface area contributed by atoms with Crippen molar-refractivity contribution in [3.63, 3.8) is 0 Å². The Morgan fingerprint density at radius 1 is 1.38 bits per heavy atom. The van der Waals surface area contributed by atoms with E-state index in [1.54, 1.807) is 0 Å². The van der Waals surface area contributed by atoms with E-state index in [0.29, 0.717) is 12.2 Å². The summed E-state index contributed by atoms with van der Waals surface area (Å²) in [5, 5.41) is 0. The van der Waals surface area contributed by atoms with Crippen molar-refractivity contribution < 1.29 is 4.79 Å². The summed E-state index contributed by atoms with van der Waals surface area (Å²) < 4.78 is 0. The zero-order valence-corrected chi connectivity index (χ0v) is 8.64. The SMILES string of the molecule is C=CCC1(C(=O)CC)CCCCC1. The van der Waals surface area contributed by atoms with Crippen LogP contribution >= 0.6 is 0 Å². The Balaban J connectivity index is 2.71. The van der Waals surface area contributed by atoms with E-state index in [9.17, 15) is 4.79 Å². The van der Waals surface area contributed by atoms with Gasteiger partial charge in [0.15, 0.2) is 0 Å². The number of carbonyl (C=O) groups is 1. The van der Waals surface area contributed by atoms with Gasteiger partial charge in [-0.2, -0.15) is 0 Å². The van der Waals surface area contributed by atoms with Crippen molar-refractivity contribution in [3.8, 4) is 0 Å². The lowest BCUT2D eigenvalue weighted by Crippen LogP contribution is -2.32. The number of hydrogen-bond acceptors (Lipinski definition) is 1. The minimum atomic E-state index is -0.0191. The summed E-state index contributed by atoms with van der Waals surface area (Å²) >= 11 is 0. The van der Waals surface area contributed by atoms with E-state index >= 15 is 0 Å². The van der Waals surface area contributed by atoms with E-state index in [4.69, 9.17) is 0 Å². The van der Waals surface area contributed by atoms with Crippen molar-refractivity contribution in [1.29, 1.82) is 0 Å². The minimum absolute atomic E-state index is 0.0191. The fourth-order valence-corrected chi connectivity index (χ4v) is 2.48. The molecule has 0 radical (unpaired) electrons. The van der Waals surface area contributed by atoms with Gasteiger partial charge in [-0.1, -0.05) is 32.3 Å². The van der Waals surface area contributed by atoms with Crippen LogP contribution in [0.5, 0.6) is 0 Å². The molecule has 1 heteroatoms. The predicted octanol–water partition coefficient (Wildman–Crippen LogP) is 3.49. The summed E-state index contributed by atoms with van der Waals surface area (Å²) in [4.78, 5) is 11.8. The highest BCUT2D eigenvalue weighted by molar-refractivity contribution is 5.84. The van der Waals surface area contributed by atoms with Crippen LogP contribution in [0, 0.1) is 5.41 Å². The topological polar surface area (TPSA) is 17.1 Å². The molecule has 74 valence electrons. The summed E-state index contributed by atoms with van der Waals surface area (Å²) in [6.45, 7) is 5.74. The zero-order chi connectivity index (χ0) is 9.73. The maximum Gasteiger partial charge on any atom is 0.139 e. The summed E-state index contributed by atoms with van der Waals surface area (Å²) in [6.07, 6.45) is 9.42. The van der Waals surface area contributed by atoms with Crippen LogP contribution in [0.1, 0.15) is 51.9 Å². The Bertz CT molecular complexity index is 187. The summed E-state index contributed by atoms with van der Waals surface area (Å²) in [5.41, 5.74) is -0.0191. The predicted molar refractivity (Wildman–Crippen MR) is 55.6 cm³/mol. The van der Waals surface area contributed by atoms with Gasteiger partial charge >= 0.3 is 0 Å². The maximum atomic E-state index is 11.8. The number of rotatable bonds is 4. The van der Waals surface area contributed by atoms with Crippen LogP contribution in [0.4, 0.5) is 0 Å². The molecule has 0 aromatic heterocycles. The van der Waals surface area contributed by atoms with Crippen LogP contribution in [0.15, 0.2) is 12.7 Å². The van der Waals surface area contributed by atoms with Gasteiger partial charge in [-0.3, -0.25) is 4.79 Å². The summed E-state index contributed by atoms with van der Waals surface area (Å²) in [6, 6.07) is 0. The fraction of sp³-hybridized carbons (Fsp3) is 0.750. The average Bonchev–Trinajstić information content (AvgIpc) is 2.18. The molecule has 1 fully saturated rings. The van der Waals surface area contributed by atoms with Gasteiger partial charge in [0.25, 0.3) is 0 Å². The van der Waals surface area contributed by atoms with Gasteiger partial charge in [0.2, 0.25) is 0 Å². The van der Waals surface area contributed by atoms with Crippen LogP contribution in [0.25, 0.3) is 0 Å². The number of allylic oxidation sites excluding steroid dienone is 1. The lowest BCUT2D eigenvalue weighted by molar-refractivity contribution is -0.130. The molecular formula is C12H20O. The maximum absolute atomic E-state index is 11.8. The molecule has 1 saturated carbocycles. The van der Waals surface area contributed by atoms with Crippen molar-refractivity contribution in [2.45, 2.75) is 51.9 Å². The molecular weight excluding hydrogens is 160 g/mol. The molecule has 0 N–H and O–H groups in total. The smallest absolute Gasteiger partial charge is 0.139 e. The van der Waals surface area contributed by atoms with Crippen LogP contribution in [0.2, 0.25) is 0 Å². The van der Waals surface area contributed by atoms with Gasteiger partial charge < -0.3 is 0 Å². The van der Waals surface area contributed by atoms with E-state index < -0.39 is 0 Å². The Morgan fingerprint density at radius 3 is 2.46 bits per heavy atom. The second kappa shape index (κ2) is 4.59. The molecule has 0 aromatic rings. The highest BCUT2D eigenvalue weighted by Crippen LogP contribution is 2.41. The number of Topliss-reactive ketones (excluding diaryl/α,β-unsaturated/α-hetero) is 1. The molecule has 0 heterocycles. The van der Waals surface area contributed by atoms with E-state index in [-0.39, 0.29) is 5.41 Å². The van der Waals surface area contributed by atoms with Crippen molar-refractivity contribution >= 4 is 5.78 Å². The number of hydrogen-bond donors (Lipinski definition) is 0. The van der Waals surface area contributed by atoms with Crippen LogP contribution in [0.3, 0.4) is 0 Å². The Labute approximate surface area is 81.2 Å². The molecule has 0 saturated heterocycles. The largest absolute Gasteiger partial charge is 0.299 e. The molecule has 0 aliphatic heterocycles. The van der Waals surface area contributed by atoms with Crippen molar-refractivity contribution in [3.05, 3.63) is 12.7 Å². The average molecular weight is 180 g/mol. The van der Waals surface area contributed by atoms with Crippen LogP contribution in [-0.4, -0.2) is 5.78 Å². The van der Waals surface area contributed by atoms with E-state index in [2.05, 4.69) is 6.58 Å². The molecule has 1 nitrogen and oxygen atoms in total. The molecule has 0 atom stereocenters. The van der Waals surface area contributed by atoms with E-state index in [1.165, 1.54) is 19.3 Å². The van der Waals surface area contributed by atoms with Crippen molar-refractivity contribution in [2.75, 3.05) is 0 Å². The number of carbonyl (C=O) groups excluding carboxylic acids is 1. The van der Waals surface area contributed by atoms with E-state index in [1.807, 2.05) is 13.0 Å². The van der Waals surface area contributed by atoms with Crippen LogP contribution in [-0.2, 0) is 4.79 Å². The lowest BCUT2D eigenvalue weighted by Gasteiger charge is -2.34. The first kappa shape index (κ1) is 10.5. The lowest BCUT2D eigenvalue weighted by atomic mass is 9.68. The second-order valence-electron chi connectivity index (χ2n) is 4.11. The second-order valence-corrected chi connectivity index (χ2v) is 4.11. The molecule has 0 aromatic carbocycles. The highest BCUT2D eigenvalue weighted by atomic mass is 16.1. The standard InChI is InChI=1S/C12H20O/c1-3-8-12(11(13)4-2)9-6-5-7-10-12/h3H,1,4-10H2,2H3. The molecule has 1 rings (SSSR count). The van der Waals surface area contributed by atoms with Gasteiger partial charge in [0.05, 0.1) is 0 Å². The van der Waals surface area contributed by atoms with Gasteiger partial charge in [-0.05, 0) is 19.3 Å². The first-order valence-electron chi connectivity index (χ1n) is 5.39. The first-order chi connectivity index (χ1) is 6.25. The third-order valence-electron chi connectivity index (χ3n) is 3.26. The number of ketones is 1.